The van der Waals surface area contributed by atoms with Gasteiger partial charge in [-0.2, -0.15) is 0 Å². The molecule has 2 aliphatic rings. The summed E-state index contributed by atoms with van der Waals surface area (Å²) < 4.78 is 6.52. The lowest BCUT2D eigenvalue weighted by molar-refractivity contribution is -0.117. The highest BCUT2D eigenvalue weighted by atomic mass is 79.9. The molecule has 1 aromatic rings. The number of halogens is 1. The minimum absolute atomic E-state index is 0.186. The van der Waals surface area contributed by atoms with Crippen LogP contribution in [0, 0.1) is 0 Å². The monoisotopic (exact) mass is 353 g/mol. The largest absolute Gasteiger partial charge is 0.379 e. The number of carbonyl (C=O) groups excluding carboxylic acids is 1. The first-order valence-corrected chi connectivity index (χ1v) is 8.35. The van der Waals surface area contributed by atoms with Gasteiger partial charge in [-0.05, 0) is 23.1 Å². The van der Waals surface area contributed by atoms with Crippen molar-refractivity contribution in [3.63, 3.8) is 0 Å². The van der Waals surface area contributed by atoms with Crippen molar-refractivity contribution in [3.05, 3.63) is 45.8 Å². The molecular weight excluding hydrogens is 338 g/mol. The number of hydrogen-bond donors (Lipinski definition) is 0. The topological polar surface area (TPSA) is 29.5 Å². The summed E-state index contributed by atoms with van der Waals surface area (Å²) >= 11 is 5.37. The van der Waals surface area contributed by atoms with Crippen LogP contribution >= 0.6 is 27.7 Å². The number of ketones is 1. The van der Waals surface area contributed by atoms with Crippen LogP contribution in [0.25, 0.3) is 0 Å². The van der Waals surface area contributed by atoms with Crippen molar-refractivity contribution in [2.75, 3.05) is 26.3 Å². The lowest BCUT2D eigenvalue weighted by Crippen LogP contribution is -2.51. The summed E-state index contributed by atoms with van der Waals surface area (Å²) in [7, 11) is 0. The predicted molar refractivity (Wildman–Crippen MR) is 84.6 cm³/mol. The van der Waals surface area contributed by atoms with E-state index >= 15 is 0 Å². The Hall–Kier alpha value is -0.620. The van der Waals surface area contributed by atoms with Crippen LogP contribution in [0.15, 0.2) is 40.2 Å². The van der Waals surface area contributed by atoms with Gasteiger partial charge in [-0.1, -0.05) is 34.1 Å². The summed E-state index contributed by atoms with van der Waals surface area (Å²) in [6.45, 7) is 3.17. The fourth-order valence-corrected chi connectivity index (χ4v) is 4.83. The lowest BCUT2D eigenvalue weighted by Gasteiger charge is -2.46. The fraction of sp³-hybridized carbons (Fsp3) is 0.400. The lowest BCUT2D eigenvalue weighted by atomic mass is 9.97. The Labute approximate surface area is 131 Å². The van der Waals surface area contributed by atoms with Crippen molar-refractivity contribution in [3.8, 4) is 0 Å². The summed E-state index contributed by atoms with van der Waals surface area (Å²) in [5.74, 6) is 0.186. The summed E-state index contributed by atoms with van der Waals surface area (Å²) in [5, 5.41) is 1.93. The maximum Gasteiger partial charge on any atom is 0.159 e. The van der Waals surface area contributed by atoms with Crippen LogP contribution in [0.4, 0.5) is 0 Å². The normalized spacial score (nSPS) is 27.8. The number of benzene rings is 1. The van der Waals surface area contributed by atoms with Crippen molar-refractivity contribution in [1.82, 2.24) is 4.90 Å². The number of thioether (sulfide) groups is 1. The maximum atomic E-state index is 12.0. The Morgan fingerprint density at radius 3 is 2.70 bits per heavy atom. The first-order chi connectivity index (χ1) is 9.72. The first kappa shape index (κ1) is 14.3. The van der Waals surface area contributed by atoms with Gasteiger partial charge in [-0.3, -0.25) is 9.69 Å². The summed E-state index contributed by atoms with van der Waals surface area (Å²) in [4.78, 5) is 14.1. The highest BCUT2D eigenvalue weighted by molar-refractivity contribution is 9.10. The standard InChI is InChI=1S/C15H16BrNO2S/c16-14-4-2-1-3-13(14)15(11-12(18)5-10-20-15)17-6-8-19-9-7-17/h1-5,10H,6-9,11H2. The molecular formula is C15H16BrNO2S. The van der Waals surface area contributed by atoms with Gasteiger partial charge in [0.15, 0.2) is 5.78 Å². The van der Waals surface area contributed by atoms with E-state index in [0.717, 1.165) is 30.8 Å². The van der Waals surface area contributed by atoms with E-state index in [4.69, 9.17) is 4.74 Å². The number of nitrogens with zero attached hydrogens (tertiary/aromatic N) is 1. The summed E-state index contributed by atoms with van der Waals surface area (Å²) in [6, 6.07) is 8.19. The van der Waals surface area contributed by atoms with Gasteiger partial charge in [-0.15, -0.1) is 11.8 Å². The molecule has 0 saturated carbocycles. The molecule has 106 valence electrons. The Kier molecular flexibility index (Phi) is 4.31. The van der Waals surface area contributed by atoms with E-state index in [9.17, 15) is 4.79 Å². The van der Waals surface area contributed by atoms with Gasteiger partial charge in [0.1, 0.15) is 4.87 Å². The van der Waals surface area contributed by atoms with E-state index in [2.05, 4.69) is 26.9 Å². The van der Waals surface area contributed by atoms with Crippen LogP contribution in [-0.4, -0.2) is 37.0 Å². The van der Waals surface area contributed by atoms with Crippen molar-refractivity contribution in [1.29, 1.82) is 0 Å². The summed E-state index contributed by atoms with van der Waals surface area (Å²) in [6.07, 6.45) is 2.19. The fourth-order valence-electron chi connectivity index (χ4n) is 2.78. The van der Waals surface area contributed by atoms with Gasteiger partial charge in [0.2, 0.25) is 0 Å². The number of hydrogen-bond acceptors (Lipinski definition) is 4. The molecule has 0 radical (unpaired) electrons. The van der Waals surface area contributed by atoms with Crippen LogP contribution in [0.3, 0.4) is 0 Å². The molecule has 1 aromatic carbocycles. The molecule has 3 nitrogen and oxygen atoms in total. The van der Waals surface area contributed by atoms with Crippen LogP contribution < -0.4 is 0 Å². The quantitative estimate of drug-likeness (QED) is 0.816. The second kappa shape index (κ2) is 6.02. The second-order valence-corrected chi connectivity index (χ2v) is 6.96. The van der Waals surface area contributed by atoms with E-state index in [1.807, 2.05) is 23.6 Å². The zero-order chi connectivity index (χ0) is 14.0. The third-order valence-electron chi connectivity index (χ3n) is 3.75. The van der Waals surface area contributed by atoms with Crippen molar-refractivity contribution in [2.24, 2.45) is 0 Å². The van der Waals surface area contributed by atoms with E-state index in [0.29, 0.717) is 6.42 Å². The van der Waals surface area contributed by atoms with E-state index in [-0.39, 0.29) is 10.7 Å². The molecule has 0 bridgehead atoms. The Balaban J connectivity index is 2.05. The number of ether oxygens (including phenoxy) is 1. The molecule has 2 heterocycles. The Morgan fingerprint density at radius 1 is 1.25 bits per heavy atom. The van der Waals surface area contributed by atoms with Gasteiger partial charge in [0.05, 0.1) is 13.2 Å². The van der Waals surface area contributed by atoms with Crippen LogP contribution in [0.1, 0.15) is 12.0 Å². The SMILES string of the molecule is O=C1C=CSC(c2ccccc2Br)(N2CCOCC2)C1. The van der Waals surface area contributed by atoms with Crippen LogP contribution in [-0.2, 0) is 14.4 Å². The van der Waals surface area contributed by atoms with E-state index in [1.165, 1.54) is 5.56 Å². The molecule has 1 fully saturated rings. The van der Waals surface area contributed by atoms with Gasteiger partial charge < -0.3 is 4.74 Å². The van der Waals surface area contributed by atoms with Crippen LogP contribution in [0.2, 0.25) is 0 Å². The highest BCUT2D eigenvalue weighted by Gasteiger charge is 2.43. The molecule has 2 aliphatic heterocycles. The maximum absolute atomic E-state index is 12.0. The van der Waals surface area contributed by atoms with Gasteiger partial charge in [0, 0.05) is 24.0 Å². The number of carbonyl (C=O) groups is 1. The molecule has 1 unspecified atom stereocenters. The van der Waals surface area contributed by atoms with E-state index < -0.39 is 0 Å². The molecule has 0 aromatic heterocycles. The Bertz CT molecular complexity index is 542. The number of rotatable bonds is 2. The van der Waals surface area contributed by atoms with Gasteiger partial charge >= 0.3 is 0 Å². The average molecular weight is 354 g/mol. The van der Waals surface area contributed by atoms with Gasteiger partial charge in [0.25, 0.3) is 0 Å². The second-order valence-electron chi connectivity index (χ2n) is 4.93. The molecule has 0 aliphatic carbocycles. The molecule has 0 spiro atoms. The molecule has 0 N–H and O–H groups in total. The zero-order valence-electron chi connectivity index (χ0n) is 11.0. The number of morpholine rings is 1. The molecule has 20 heavy (non-hydrogen) atoms. The minimum Gasteiger partial charge on any atom is -0.379 e. The smallest absolute Gasteiger partial charge is 0.159 e. The minimum atomic E-state index is -0.310. The first-order valence-electron chi connectivity index (χ1n) is 6.67. The molecule has 1 atom stereocenters. The van der Waals surface area contributed by atoms with Gasteiger partial charge in [-0.25, -0.2) is 0 Å². The summed E-state index contributed by atoms with van der Waals surface area (Å²) in [5.41, 5.74) is 1.17. The zero-order valence-corrected chi connectivity index (χ0v) is 13.5. The predicted octanol–water partition coefficient (Wildman–Crippen LogP) is 3.15. The third kappa shape index (κ3) is 2.60. The Morgan fingerprint density at radius 2 is 2.00 bits per heavy atom. The molecule has 1 saturated heterocycles. The number of allylic oxidation sites excluding steroid dienone is 1. The third-order valence-corrected chi connectivity index (χ3v) is 5.72. The molecule has 0 amide bonds. The molecule has 3 rings (SSSR count). The van der Waals surface area contributed by atoms with Crippen molar-refractivity contribution in [2.45, 2.75) is 11.3 Å². The van der Waals surface area contributed by atoms with Crippen molar-refractivity contribution < 1.29 is 9.53 Å². The highest BCUT2D eigenvalue weighted by Crippen LogP contribution is 2.48. The van der Waals surface area contributed by atoms with Crippen LogP contribution in [0.5, 0.6) is 0 Å². The average Bonchev–Trinajstić information content (AvgIpc) is 2.48. The van der Waals surface area contributed by atoms with Crippen molar-refractivity contribution >= 4 is 33.5 Å². The van der Waals surface area contributed by atoms with E-state index in [1.54, 1.807) is 17.8 Å². The molecule has 5 heteroatoms.